The van der Waals surface area contributed by atoms with Gasteiger partial charge in [-0.1, -0.05) is 49.7 Å². The lowest BCUT2D eigenvalue weighted by Crippen LogP contribution is -2.25. The molecule has 1 amide bonds. The van der Waals surface area contributed by atoms with Crippen LogP contribution in [0.5, 0.6) is 5.75 Å². The van der Waals surface area contributed by atoms with Gasteiger partial charge < -0.3 is 19.5 Å². The number of amides is 1. The summed E-state index contributed by atoms with van der Waals surface area (Å²) in [7, 11) is 2.78. The third-order valence-electron chi connectivity index (χ3n) is 5.14. The summed E-state index contributed by atoms with van der Waals surface area (Å²) >= 11 is 0. The van der Waals surface area contributed by atoms with E-state index >= 15 is 0 Å². The van der Waals surface area contributed by atoms with Gasteiger partial charge in [-0.25, -0.2) is 9.59 Å². The normalized spacial score (nSPS) is 11.3. The number of alkyl carbamates (subject to hydrolysis) is 1. The van der Waals surface area contributed by atoms with Crippen LogP contribution in [0.1, 0.15) is 47.7 Å². The number of Topliss-reactive ketones (excluding diaryl/α,β-unsaturated/α-hetero) is 1. The second kappa shape index (κ2) is 13.1. The van der Waals surface area contributed by atoms with Crippen LogP contribution in [0.4, 0.5) is 4.79 Å². The standard InChI is InChI=1S/C25H31NO6/c1-18(9-7-8-14-26-25(29)32-17-19-10-5-4-6-11-19)22(27)16-20-12-13-23(30-2)21(15-20)24(28)31-3/h4-6,10-13,15,18H,7-9,14,16-17H2,1-3H3,(H,26,29)/t18-/m0/s1. The Bertz CT molecular complexity index is 897. The molecule has 172 valence electrons. The number of nitrogens with one attached hydrogen (secondary N) is 1. The van der Waals surface area contributed by atoms with Crippen LogP contribution < -0.4 is 10.1 Å². The molecule has 2 rings (SSSR count). The number of ketones is 1. The number of carbonyl (C=O) groups excluding carboxylic acids is 3. The molecule has 0 saturated heterocycles. The minimum atomic E-state index is -0.501. The highest BCUT2D eigenvalue weighted by atomic mass is 16.5. The van der Waals surface area contributed by atoms with Gasteiger partial charge in [-0.05, 0) is 36.1 Å². The number of benzene rings is 2. The zero-order valence-electron chi connectivity index (χ0n) is 18.9. The summed E-state index contributed by atoms with van der Waals surface area (Å²) < 4.78 is 15.1. The van der Waals surface area contributed by atoms with E-state index in [-0.39, 0.29) is 24.7 Å². The van der Waals surface area contributed by atoms with E-state index in [2.05, 4.69) is 5.32 Å². The van der Waals surface area contributed by atoms with Gasteiger partial charge >= 0.3 is 12.1 Å². The Morgan fingerprint density at radius 1 is 0.969 bits per heavy atom. The van der Waals surface area contributed by atoms with Gasteiger partial charge in [-0.15, -0.1) is 0 Å². The van der Waals surface area contributed by atoms with E-state index in [0.29, 0.717) is 17.9 Å². The maximum absolute atomic E-state index is 12.6. The lowest BCUT2D eigenvalue weighted by atomic mass is 9.94. The summed E-state index contributed by atoms with van der Waals surface area (Å²) in [6.45, 7) is 2.63. The third kappa shape index (κ3) is 8.06. The average Bonchev–Trinajstić information content (AvgIpc) is 2.82. The summed E-state index contributed by atoms with van der Waals surface area (Å²) in [4.78, 5) is 36.2. The molecule has 0 heterocycles. The fourth-order valence-corrected chi connectivity index (χ4v) is 3.21. The van der Waals surface area contributed by atoms with Crippen molar-refractivity contribution in [1.29, 1.82) is 0 Å². The van der Waals surface area contributed by atoms with Gasteiger partial charge in [0.15, 0.2) is 0 Å². The number of esters is 1. The Balaban J connectivity index is 1.68. The molecule has 2 aromatic rings. The zero-order chi connectivity index (χ0) is 23.3. The van der Waals surface area contributed by atoms with E-state index < -0.39 is 12.1 Å². The van der Waals surface area contributed by atoms with Gasteiger partial charge in [0, 0.05) is 18.9 Å². The molecule has 0 spiro atoms. The van der Waals surface area contributed by atoms with Crippen LogP contribution in [0.15, 0.2) is 48.5 Å². The largest absolute Gasteiger partial charge is 0.496 e. The molecule has 0 saturated carbocycles. The molecular weight excluding hydrogens is 410 g/mol. The summed E-state index contributed by atoms with van der Waals surface area (Å²) in [6.07, 6.45) is 2.08. The topological polar surface area (TPSA) is 90.9 Å². The van der Waals surface area contributed by atoms with Crippen molar-refractivity contribution in [3.63, 3.8) is 0 Å². The number of methoxy groups -OCH3 is 2. The van der Waals surface area contributed by atoms with Crippen molar-refractivity contribution in [1.82, 2.24) is 5.32 Å². The van der Waals surface area contributed by atoms with Crippen molar-refractivity contribution in [2.45, 2.75) is 39.2 Å². The molecule has 1 N–H and O–H groups in total. The molecule has 7 nitrogen and oxygen atoms in total. The van der Waals surface area contributed by atoms with Gasteiger partial charge in [0.1, 0.15) is 23.7 Å². The SMILES string of the molecule is COC(=O)c1cc(CC(=O)[C@@H](C)CCCCNC(=O)OCc2ccccc2)ccc1OC. The molecule has 0 aliphatic rings. The Morgan fingerprint density at radius 2 is 1.72 bits per heavy atom. The van der Waals surface area contributed by atoms with Crippen molar-refractivity contribution >= 4 is 17.8 Å². The van der Waals surface area contributed by atoms with Gasteiger partial charge in [0.25, 0.3) is 0 Å². The summed E-state index contributed by atoms with van der Waals surface area (Å²) in [5.74, 6) is -0.111. The quantitative estimate of drug-likeness (QED) is 0.390. The second-order valence-corrected chi connectivity index (χ2v) is 7.55. The van der Waals surface area contributed by atoms with Gasteiger partial charge in [0.2, 0.25) is 0 Å². The molecule has 1 atom stereocenters. The molecule has 0 aromatic heterocycles. The fraction of sp³-hybridized carbons (Fsp3) is 0.400. The van der Waals surface area contributed by atoms with Crippen molar-refractivity contribution in [2.24, 2.45) is 5.92 Å². The van der Waals surface area contributed by atoms with E-state index in [1.165, 1.54) is 14.2 Å². The number of carbonyl (C=O) groups is 3. The van der Waals surface area contributed by atoms with Crippen LogP contribution in [-0.4, -0.2) is 38.6 Å². The minimum Gasteiger partial charge on any atom is -0.496 e. The van der Waals surface area contributed by atoms with E-state index in [1.54, 1.807) is 18.2 Å². The average molecular weight is 442 g/mol. The fourth-order valence-electron chi connectivity index (χ4n) is 3.21. The predicted octanol–water partition coefficient (Wildman–Crippen LogP) is 4.33. The maximum atomic E-state index is 12.6. The molecule has 7 heteroatoms. The summed E-state index contributed by atoms with van der Waals surface area (Å²) in [5, 5.41) is 2.73. The summed E-state index contributed by atoms with van der Waals surface area (Å²) in [6, 6.07) is 14.6. The van der Waals surface area contributed by atoms with Crippen LogP contribution in [0, 0.1) is 5.92 Å². The molecular formula is C25H31NO6. The highest BCUT2D eigenvalue weighted by molar-refractivity contribution is 5.93. The van der Waals surface area contributed by atoms with Gasteiger partial charge in [-0.2, -0.15) is 0 Å². The van der Waals surface area contributed by atoms with E-state index in [4.69, 9.17) is 14.2 Å². The van der Waals surface area contributed by atoms with Crippen LogP contribution >= 0.6 is 0 Å². The number of unbranched alkanes of at least 4 members (excludes halogenated alkanes) is 1. The Kier molecular flexibility index (Phi) is 10.2. The number of ether oxygens (including phenoxy) is 3. The smallest absolute Gasteiger partial charge is 0.407 e. The monoisotopic (exact) mass is 441 g/mol. The first-order valence-corrected chi connectivity index (χ1v) is 10.7. The molecule has 32 heavy (non-hydrogen) atoms. The highest BCUT2D eigenvalue weighted by Gasteiger charge is 2.17. The maximum Gasteiger partial charge on any atom is 0.407 e. The summed E-state index contributed by atoms with van der Waals surface area (Å²) in [5.41, 5.74) is 1.98. The highest BCUT2D eigenvalue weighted by Crippen LogP contribution is 2.22. The minimum absolute atomic E-state index is 0.0983. The number of hydrogen-bond acceptors (Lipinski definition) is 6. The lowest BCUT2D eigenvalue weighted by Gasteiger charge is -2.12. The van der Waals surface area contributed by atoms with Crippen molar-refractivity contribution in [3.8, 4) is 5.75 Å². The molecule has 0 bridgehead atoms. The second-order valence-electron chi connectivity index (χ2n) is 7.55. The van der Waals surface area contributed by atoms with E-state index in [1.807, 2.05) is 37.3 Å². The molecule has 0 aliphatic carbocycles. The molecule has 0 fully saturated rings. The van der Waals surface area contributed by atoms with Crippen molar-refractivity contribution in [3.05, 3.63) is 65.2 Å². The van der Waals surface area contributed by atoms with Crippen molar-refractivity contribution < 1.29 is 28.6 Å². The molecule has 0 radical (unpaired) electrons. The van der Waals surface area contributed by atoms with Crippen LogP contribution in [0.2, 0.25) is 0 Å². The van der Waals surface area contributed by atoms with Gasteiger partial charge in [-0.3, -0.25) is 4.79 Å². The Labute approximate surface area is 189 Å². The number of rotatable bonds is 12. The Hall–Kier alpha value is -3.35. The van der Waals surface area contributed by atoms with Gasteiger partial charge in [0.05, 0.1) is 14.2 Å². The van der Waals surface area contributed by atoms with E-state index in [0.717, 1.165) is 30.4 Å². The zero-order valence-corrected chi connectivity index (χ0v) is 18.9. The van der Waals surface area contributed by atoms with Crippen LogP contribution in [0.3, 0.4) is 0 Å². The first kappa shape index (κ1) is 24.9. The van der Waals surface area contributed by atoms with Crippen LogP contribution in [-0.2, 0) is 27.3 Å². The lowest BCUT2D eigenvalue weighted by molar-refractivity contribution is -0.121. The number of hydrogen-bond donors (Lipinski definition) is 1. The van der Waals surface area contributed by atoms with Crippen LogP contribution in [0.25, 0.3) is 0 Å². The molecule has 0 aliphatic heterocycles. The first-order chi connectivity index (χ1) is 15.4. The molecule has 0 unspecified atom stereocenters. The predicted molar refractivity (Wildman–Crippen MR) is 121 cm³/mol. The Morgan fingerprint density at radius 3 is 2.41 bits per heavy atom. The van der Waals surface area contributed by atoms with E-state index in [9.17, 15) is 14.4 Å². The first-order valence-electron chi connectivity index (χ1n) is 10.7. The van der Waals surface area contributed by atoms with Crippen molar-refractivity contribution in [2.75, 3.05) is 20.8 Å². The third-order valence-corrected chi connectivity index (χ3v) is 5.14. The molecule has 2 aromatic carbocycles.